The van der Waals surface area contributed by atoms with Crippen LogP contribution in [0, 0.1) is 0 Å². The molecule has 0 aliphatic carbocycles. The normalized spacial score (nSPS) is 19.1. The van der Waals surface area contributed by atoms with E-state index in [1.807, 2.05) is 41.3 Å². The quantitative estimate of drug-likeness (QED) is 0.916. The Morgan fingerprint density at radius 3 is 2.60 bits per heavy atom. The Bertz CT molecular complexity index is 703. The topological polar surface area (TPSA) is 62.3 Å². The molecule has 1 aliphatic rings. The van der Waals surface area contributed by atoms with E-state index in [9.17, 15) is 9.59 Å². The van der Waals surface area contributed by atoms with E-state index in [4.69, 9.17) is 0 Å². The largest absolute Gasteiger partial charge is 0.356 e. The predicted octanol–water partition coefficient (Wildman–Crippen LogP) is 2.96. The second kappa shape index (κ2) is 8.42. The van der Waals surface area contributed by atoms with Crippen LogP contribution in [0.25, 0.3) is 0 Å². The number of hydrogen-bond acceptors (Lipinski definition) is 3. The molecule has 130 valence electrons. The molecular formula is C20H23N3O2. The first-order valence-electron chi connectivity index (χ1n) is 8.79. The number of nitrogens with one attached hydrogen (secondary N) is 1. The SMILES string of the molecule is O=C1CC(c2ccccc2)N(C(=O)c2ccccn2)CCCCCN1. The Hall–Kier alpha value is -2.69. The van der Waals surface area contributed by atoms with E-state index >= 15 is 0 Å². The van der Waals surface area contributed by atoms with Gasteiger partial charge in [0.15, 0.2) is 0 Å². The predicted molar refractivity (Wildman–Crippen MR) is 95.9 cm³/mol. The third-order valence-electron chi connectivity index (χ3n) is 4.48. The van der Waals surface area contributed by atoms with E-state index < -0.39 is 0 Å². The van der Waals surface area contributed by atoms with Crippen molar-refractivity contribution in [2.24, 2.45) is 0 Å². The number of benzene rings is 1. The molecule has 1 atom stereocenters. The zero-order valence-electron chi connectivity index (χ0n) is 14.2. The lowest BCUT2D eigenvalue weighted by molar-refractivity contribution is -0.122. The van der Waals surface area contributed by atoms with Gasteiger partial charge in [0.25, 0.3) is 5.91 Å². The average Bonchev–Trinajstić information content (AvgIpc) is 2.67. The van der Waals surface area contributed by atoms with E-state index in [0.29, 0.717) is 18.8 Å². The van der Waals surface area contributed by atoms with Gasteiger partial charge in [0.05, 0.1) is 12.5 Å². The summed E-state index contributed by atoms with van der Waals surface area (Å²) in [5.74, 6) is -0.141. The molecular weight excluding hydrogens is 314 g/mol. The first kappa shape index (κ1) is 17.1. The van der Waals surface area contributed by atoms with Gasteiger partial charge in [-0.1, -0.05) is 36.4 Å². The van der Waals surface area contributed by atoms with Gasteiger partial charge in [0.1, 0.15) is 5.69 Å². The molecule has 3 rings (SSSR count). The highest BCUT2D eigenvalue weighted by Crippen LogP contribution is 2.27. The number of nitrogens with zero attached hydrogens (tertiary/aromatic N) is 2. The molecule has 1 aromatic heterocycles. The van der Waals surface area contributed by atoms with Crippen LogP contribution in [0.4, 0.5) is 0 Å². The van der Waals surface area contributed by atoms with Crippen LogP contribution < -0.4 is 5.32 Å². The van der Waals surface area contributed by atoms with Crippen molar-refractivity contribution in [2.45, 2.75) is 31.7 Å². The van der Waals surface area contributed by atoms with Crippen molar-refractivity contribution in [3.8, 4) is 0 Å². The smallest absolute Gasteiger partial charge is 0.272 e. The summed E-state index contributed by atoms with van der Waals surface area (Å²) in [5, 5.41) is 2.96. The molecule has 25 heavy (non-hydrogen) atoms. The zero-order chi connectivity index (χ0) is 17.5. The first-order chi connectivity index (χ1) is 12.3. The molecule has 1 aromatic carbocycles. The van der Waals surface area contributed by atoms with E-state index in [-0.39, 0.29) is 24.3 Å². The van der Waals surface area contributed by atoms with Gasteiger partial charge in [-0.15, -0.1) is 0 Å². The van der Waals surface area contributed by atoms with Gasteiger partial charge in [-0.05, 0) is 37.0 Å². The minimum Gasteiger partial charge on any atom is -0.356 e. The standard InChI is InChI=1S/C20H23N3O2/c24-19-15-18(16-9-3-1-4-10-16)23(14-8-2-6-13-22-19)20(25)17-11-5-7-12-21-17/h1,3-5,7,9-12,18H,2,6,8,13-15H2,(H,22,24). The molecule has 1 fully saturated rings. The number of aromatic nitrogens is 1. The summed E-state index contributed by atoms with van der Waals surface area (Å²) in [6.07, 6.45) is 4.72. The van der Waals surface area contributed by atoms with E-state index in [1.165, 1.54) is 0 Å². The van der Waals surface area contributed by atoms with Crippen molar-refractivity contribution in [3.63, 3.8) is 0 Å². The number of carbonyl (C=O) groups excluding carboxylic acids is 2. The third kappa shape index (κ3) is 4.44. The van der Waals surface area contributed by atoms with E-state index in [2.05, 4.69) is 10.3 Å². The molecule has 1 aliphatic heterocycles. The number of hydrogen-bond donors (Lipinski definition) is 1. The Labute approximate surface area is 148 Å². The average molecular weight is 337 g/mol. The van der Waals surface area contributed by atoms with Crippen LogP contribution in [0.5, 0.6) is 0 Å². The summed E-state index contributed by atoms with van der Waals surface area (Å²) in [7, 11) is 0. The van der Waals surface area contributed by atoms with Gasteiger partial charge >= 0.3 is 0 Å². The number of carbonyl (C=O) groups is 2. The Balaban J connectivity index is 1.95. The van der Waals surface area contributed by atoms with Gasteiger partial charge < -0.3 is 10.2 Å². The number of amides is 2. The lowest BCUT2D eigenvalue weighted by atomic mass is 9.99. The summed E-state index contributed by atoms with van der Waals surface area (Å²) in [5.41, 5.74) is 1.39. The molecule has 0 spiro atoms. The number of rotatable bonds is 2. The Morgan fingerprint density at radius 2 is 1.84 bits per heavy atom. The van der Waals surface area contributed by atoms with Gasteiger partial charge in [-0.3, -0.25) is 14.6 Å². The Morgan fingerprint density at radius 1 is 1.04 bits per heavy atom. The molecule has 0 bridgehead atoms. The van der Waals surface area contributed by atoms with Crippen LogP contribution >= 0.6 is 0 Å². The second-order valence-electron chi connectivity index (χ2n) is 6.25. The van der Waals surface area contributed by atoms with Crippen molar-refractivity contribution in [1.29, 1.82) is 0 Å². The Kier molecular flexibility index (Phi) is 5.77. The van der Waals surface area contributed by atoms with Gasteiger partial charge in [-0.2, -0.15) is 0 Å². The van der Waals surface area contributed by atoms with Crippen molar-refractivity contribution in [2.75, 3.05) is 13.1 Å². The van der Waals surface area contributed by atoms with Gasteiger partial charge in [0.2, 0.25) is 5.91 Å². The molecule has 2 amide bonds. The molecule has 2 heterocycles. The van der Waals surface area contributed by atoms with Crippen molar-refractivity contribution in [1.82, 2.24) is 15.2 Å². The van der Waals surface area contributed by atoms with E-state index in [0.717, 1.165) is 24.8 Å². The maximum Gasteiger partial charge on any atom is 0.272 e. The summed E-state index contributed by atoms with van der Waals surface area (Å²) in [6, 6.07) is 14.8. The highest BCUT2D eigenvalue weighted by molar-refractivity contribution is 5.93. The highest BCUT2D eigenvalue weighted by Gasteiger charge is 2.28. The van der Waals surface area contributed by atoms with Crippen LogP contribution in [0.3, 0.4) is 0 Å². The van der Waals surface area contributed by atoms with Gasteiger partial charge in [-0.25, -0.2) is 0 Å². The van der Waals surface area contributed by atoms with Crippen molar-refractivity contribution >= 4 is 11.8 Å². The molecule has 5 heteroatoms. The highest BCUT2D eigenvalue weighted by atomic mass is 16.2. The van der Waals surface area contributed by atoms with Gasteiger partial charge in [0, 0.05) is 19.3 Å². The summed E-state index contributed by atoms with van der Waals surface area (Å²) < 4.78 is 0. The maximum absolute atomic E-state index is 13.1. The zero-order valence-corrected chi connectivity index (χ0v) is 14.2. The lowest BCUT2D eigenvalue weighted by Gasteiger charge is -2.32. The summed E-state index contributed by atoms with van der Waals surface area (Å²) >= 11 is 0. The maximum atomic E-state index is 13.1. The minimum absolute atomic E-state index is 0.0189. The summed E-state index contributed by atoms with van der Waals surface area (Å²) in [4.78, 5) is 31.4. The van der Waals surface area contributed by atoms with E-state index in [1.54, 1.807) is 18.3 Å². The van der Waals surface area contributed by atoms with Crippen molar-refractivity contribution in [3.05, 3.63) is 66.0 Å². The van der Waals surface area contributed by atoms with Crippen LogP contribution in [0.2, 0.25) is 0 Å². The molecule has 0 saturated carbocycles. The van der Waals surface area contributed by atoms with Crippen LogP contribution in [0.1, 0.15) is 47.8 Å². The first-order valence-corrected chi connectivity index (χ1v) is 8.79. The molecule has 1 N–H and O–H groups in total. The monoisotopic (exact) mass is 337 g/mol. The molecule has 1 unspecified atom stereocenters. The molecule has 0 radical (unpaired) electrons. The number of pyridine rings is 1. The molecule has 2 aromatic rings. The van der Waals surface area contributed by atoms with Crippen molar-refractivity contribution < 1.29 is 9.59 Å². The minimum atomic E-state index is -0.284. The molecule has 5 nitrogen and oxygen atoms in total. The fraction of sp³-hybridized carbons (Fsp3) is 0.350. The summed E-state index contributed by atoms with van der Waals surface area (Å²) in [6.45, 7) is 1.33. The van der Waals surface area contributed by atoms with Crippen LogP contribution in [-0.4, -0.2) is 34.8 Å². The third-order valence-corrected chi connectivity index (χ3v) is 4.48. The van der Waals surface area contributed by atoms with Crippen LogP contribution in [-0.2, 0) is 4.79 Å². The fourth-order valence-electron chi connectivity index (χ4n) is 3.18. The molecule has 1 saturated heterocycles. The lowest BCUT2D eigenvalue weighted by Crippen LogP contribution is -2.40. The fourth-order valence-corrected chi connectivity index (χ4v) is 3.18. The second-order valence-corrected chi connectivity index (χ2v) is 6.25. The van der Waals surface area contributed by atoms with Crippen LogP contribution in [0.15, 0.2) is 54.7 Å².